The number of pyridine rings is 2. The number of nitrogens with two attached hydrogens (primary N) is 1. The van der Waals surface area contributed by atoms with Gasteiger partial charge >= 0.3 is 6.36 Å². The zero-order valence-corrected chi connectivity index (χ0v) is 13.2. The van der Waals surface area contributed by atoms with Crippen LogP contribution in [0.1, 0.15) is 10.4 Å². The predicted octanol–water partition coefficient (Wildman–Crippen LogP) is 3.81. The van der Waals surface area contributed by atoms with Crippen molar-refractivity contribution in [1.82, 2.24) is 9.97 Å². The summed E-state index contributed by atoms with van der Waals surface area (Å²) >= 11 is 0. The van der Waals surface area contributed by atoms with E-state index < -0.39 is 12.3 Å². The number of alkyl halides is 3. The second-order valence-corrected chi connectivity index (χ2v) is 5.30. The van der Waals surface area contributed by atoms with Crippen LogP contribution >= 0.6 is 0 Å². The highest BCUT2D eigenvalue weighted by Gasteiger charge is 2.31. The van der Waals surface area contributed by atoms with Crippen LogP contribution in [0.25, 0.3) is 22.4 Å². The lowest BCUT2D eigenvalue weighted by Crippen LogP contribution is -2.16. The molecule has 0 radical (unpaired) electrons. The molecule has 0 fully saturated rings. The van der Waals surface area contributed by atoms with E-state index in [4.69, 9.17) is 5.73 Å². The quantitative estimate of drug-likeness (QED) is 0.768. The molecule has 0 atom stereocenters. The number of hydrogen-bond acceptors (Lipinski definition) is 4. The Balaban J connectivity index is 2.06. The number of hydrogen-bond donors (Lipinski definition) is 1. The van der Waals surface area contributed by atoms with Crippen LogP contribution in [0.2, 0.25) is 0 Å². The number of rotatable bonds is 4. The molecule has 26 heavy (non-hydrogen) atoms. The molecule has 3 aromatic rings. The summed E-state index contributed by atoms with van der Waals surface area (Å²) in [4.78, 5) is 19.7. The third kappa shape index (κ3) is 3.97. The highest BCUT2D eigenvalue weighted by molar-refractivity contribution is 5.95. The number of amides is 1. The molecule has 0 bridgehead atoms. The first-order valence-electron chi connectivity index (χ1n) is 7.40. The number of aromatic nitrogens is 2. The van der Waals surface area contributed by atoms with Gasteiger partial charge < -0.3 is 10.5 Å². The maximum absolute atomic E-state index is 12.3. The molecule has 2 N–H and O–H groups in total. The van der Waals surface area contributed by atoms with Gasteiger partial charge in [-0.25, -0.2) is 0 Å². The fraction of sp³-hybridized carbons (Fsp3) is 0.0556. The van der Waals surface area contributed by atoms with Gasteiger partial charge in [0, 0.05) is 35.3 Å². The highest BCUT2D eigenvalue weighted by atomic mass is 19.4. The molecule has 3 rings (SSSR count). The summed E-state index contributed by atoms with van der Waals surface area (Å²) in [6.45, 7) is 0. The van der Waals surface area contributed by atoms with Crippen molar-refractivity contribution in [3.8, 4) is 28.1 Å². The Kier molecular flexibility index (Phi) is 4.57. The fourth-order valence-corrected chi connectivity index (χ4v) is 2.39. The van der Waals surface area contributed by atoms with Gasteiger partial charge in [0.2, 0.25) is 5.91 Å². The van der Waals surface area contributed by atoms with Crippen LogP contribution < -0.4 is 10.5 Å². The summed E-state index contributed by atoms with van der Waals surface area (Å²) in [6, 6.07) is 10.4. The van der Waals surface area contributed by atoms with E-state index in [-0.39, 0.29) is 11.3 Å². The zero-order chi connectivity index (χ0) is 18.7. The third-order valence-electron chi connectivity index (χ3n) is 3.51. The number of halogens is 3. The van der Waals surface area contributed by atoms with E-state index in [1.165, 1.54) is 30.5 Å². The van der Waals surface area contributed by atoms with E-state index in [1.54, 1.807) is 30.6 Å². The molecule has 5 nitrogen and oxygen atoms in total. The minimum atomic E-state index is -4.76. The molecule has 1 aromatic carbocycles. The number of primary amides is 1. The first-order chi connectivity index (χ1) is 12.3. The molecule has 0 unspecified atom stereocenters. The van der Waals surface area contributed by atoms with Crippen LogP contribution in [-0.2, 0) is 0 Å². The van der Waals surface area contributed by atoms with E-state index in [2.05, 4.69) is 14.7 Å². The third-order valence-corrected chi connectivity index (χ3v) is 3.51. The molecule has 8 heteroatoms. The van der Waals surface area contributed by atoms with Crippen LogP contribution in [0.5, 0.6) is 5.75 Å². The fourth-order valence-electron chi connectivity index (χ4n) is 2.39. The van der Waals surface area contributed by atoms with E-state index in [1.807, 2.05) is 0 Å². The van der Waals surface area contributed by atoms with Gasteiger partial charge in [-0.05, 0) is 36.4 Å². The molecule has 0 saturated heterocycles. The molecule has 1 amide bonds. The van der Waals surface area contributed by atoms with Crippen LogP contribution in [0, 0.1) is 0 Å². The Morgan fingerprint density at radius 3 is 2.35 bits per heavy atom. The zero-order valence-electron chi connectivity index (χ0n) is 13.2. The highest BCUT2D eigenvalue weighted by Crippen LogP contribution is 2.32. The van der Waals surface area contributed by atoms with Gasteiger partial charge in [0.15, 0.2) is 0 Å². The molecule has 0 spiro atoms. The van der Waals surface area contributed by atoms with Crippen molar-refractivity contribution in [3.05, 3.63) is 66.6 Å². The number of carbonyl (C=O) groups is 1. The van der Waals surface area contributed by atoms with E-state index in [9.17, 15) is 18.0 Å². The van der Waals surface area contributed by atoms with Crippen LogP contribution in [0.15, 0.2) is 61.1 Å². The number of ether oxygens (including phenoxy) is 1. The second kappa shape index (κ2) is 6.83. The Hall–Kier alpha value is -3.42. The lowest BCUT2D eigenvalue weighted by Gasteiger charge is -2.12. The van der Waals surface area contributed by atoms with E-state index in [0.29, 0.717) is 22.4 Å². The second-order valence-electron chi connectivity index (χ2n) is 5.30. The Bertz CT molecular complexity index is 927. The maximum atomic E-state index is 12.3. The molecule has 0 aliphatic carbocycles. The first-order valence-corrected chi connectivity index (χ1v) is 7.40. The average Bonchev–Trinajstić information content (AvgIpc) is 2.61. The summed E-state index contributed by atoms with van der Waals surface area (Å²) < 4.78 is 40.7. The van der Waals surface area contributed by atoms with Gasteiger partial charge in [-0.3, -0.25) is 14.8 Å². The van der Waals surface area contributed by atoms with Crippen molar-refractivity contribution in [1.29, 1.82) is 0 Å². The molecule has 2 heterocycles. The normalized spacial score (nSPS) is 11.2. The van der Waals surface area contributed by atoms with Gasteiger partial charge in [-0.2, -0.15) is 0 Å². The first kappa shape index (κ1) is 17.4. The lowest BCUT2D eigenvalue weighted by molar-refractivity contribution is -0.274. The maximum Gasteiger partial charge on any atom is 0.573 e. The standard InChI is InChI=1S/C18H12F3N3O2/c19-18(20,21)26-14-5-3-11(4-6-14)16-15(12-2-1-7-23-9-12)8-13(10-24-16)17(22)25/h1-10H,(H2,22,25). The van der Waals surface area contributed by atoms with Crippen LogP contribution in [-0.4, -0.2) is 22.2 Å². The number of benzene rings is 1. The molecule has 0 aliphatic heterocycles. The summed E-state index contributed by atoms with van der Waals surface area (Å²) in [7, 11) is 0. The van der Waals surface area contributed by atoms with Crippen molar-refractivity contribution < 1.29 is 22.7 Å². The summed E-state index contributed by atoms with van der Waals surface area (Å²) in [5, 5.41) is 0. The van der Waals surface area contributed by atoms with Crippen molar-refractivity contribution in [2.45, 2.75) is 6.36 Å². The van der Waals surface area contributed by atoms with Gasteiger partial charge in [-0.1, -0.05) is 6.07 Å². The van der Waals surface area contributed by atoms with Crippen LogP contribution in [0.4, 0.5) is 13.2 Å². The van der Waals surface area contributed by atoms with Gasteiger partial charge in [0.1, 0.15) is 5.75 Å². The number of carbonyl (C=O) groups excluding carboxylic acids is 1. The van der Waals surface area contributed by atoms with Gasteiger partial charge in [0.25, 0.3) is 0 Å². The summed E-state index contributed by atoms with van der Waals surface area (Å²) in [5.74, 6) is -0.971. The number of nitrogens with zero attached hydrogens (tertiary/aromatic N) is 2. The average molecular weight is 359 g/mol. The van der Waals surface area contributed by atoms with Crippen molar-refractivity contribution in [2.24, 2.45) is 5.73 Å². The molecular formula is C18H12F3N3O2. The smallest absolute Gasteiger partial charge is 0.406 e. The molecule has 2 aromatic heterocycles. The SMILES string of the molecule is NC(=O)c1cnc(-c2ccc(OC(F)(F)F)cc2)c(-c2cccnc2)c1. The van der Waals surface area contributed by atoms with Crippen molar-refractivity contribution in [2.75, 3.05) is 0 Å². The molecule has 132 valence electrons. The summed E-state index contributed by atoms with van der Waals surface area (Å²) in [5.41, 5.74) is 7.82. The minimum Gasteiger partial charge on any atom is -0.406 e. The largest absolute Gasteiger partial charge is 0.573 e. The molecular weight excluding hydrogens is 347 g/mol. The van der Waals surface area contributed by atoms with Crippen molar-refractivity contribution in [3.63, 3.8) is 0 Å². The van der Waals surface area contributed by atoms with E-state index in [0.717, 1.165) is 0 Å². The van der Waals surface area contributed by atoms with Crippen LogP contribution in [0.3, 0.4) is 0 Å². The topological polar surface area (TPSA) is 78.1 Å². The molecule has 0 saturated carbocycles. The monoisotopic (exact) mass is 359 g/mol. The lowest BCUT2D eigenvalue weighted by atomic mass is 9.99. The molecule has 0 aliphatic rings. The van der Waals surface area contributed by atoms with Gasteiger partial charge in [-0.15, -0.1) is 13.2 Å². The summed E-state index contributed by atoms with van der Waals surface area (Å²) in [6.07, 6.45) is -0.258. The van der Waals surface area contributed by atoms with Gasteiger partial charge in [0.05, 0.1) is 11.3 Å². The Labute approximate surface area is 146 Å². The van der Waals surface area contributed by atoms with Crippen molar-refractivity contribution >= 4 is 5.91 Å². The Morgan fingerprint density at radius 2 is 1.77 bits per heavy atom. The minimum absolute atomic E-state index is 0.213. The predicted molar refractivity (Wildman–Crippen MR) is 88.1 cm³/mol. The van der Waals surface area contributed by atoms with E-state index >= 15 is 0 Å². The Morgan fingerprint density at radius 1 is 1.04 bits per heavy atom.